The molecule has 1 aliphatic rings. The summed E-state index contributed by atoms with van der Waals surface area (Å²) in [7, 11) is 1.85. The average molecular weight is 290 g/mol. The van der Waals surface area contributed by atoms with Crippen molar-refractivity contribution in [3.8, 4) is 0 Å². The number of ether oxygens (including phenoxy) is 1. The first-order valence-corrected chi connectivity index (χ1v) is 7.44. The van der Waals surface area contributed by atoms with Gasteiger partial charge < -0.3 is 10.2 Å². The second-order valence-electron chi connectivity index (χ2n) is 5.84. The number of rotatable bonds is 4. The number of hydrogen-bond acceptors (Lipinski definition) is 6. The molecule has 21 heavy (non-hydrogen) atoms. The lowest BCUT2D eigenvalue weighted by Gasteiger charge is -2.26. The zero-order valence-electron chi connectivity index (χ0n) is 12.5. The fourth-order valence-electron chi connectivity index (χ4n) is 2.96. The van der Waals surface area contributed by atoms with E-state index in [1.165, 1.54) is 12.8 Å². The molecule has 0 bridgehead atoms. The van der Waals surface area contributed by atoms with E-state index in [-0.39, 0.29) is 0 Å². The van der Waals surface area contributed by atoms with Gasteiger partial charge in [-0.2, -0.15) is 5.10 Å². The maximum absolute atomic E-state index is 5.98. The number of fused-ring (bicyclic) bond motifs is 1. The molecule has 0 amide bonds. The Morgan fingerprint density at radius 2 is 2.29 bits per heavy atom. The van der Waals surface area contributed by atoms with Crippen LogP contribution in [0.3, 0.4) is 0 Å². The molecule has 2 aromatic heterocycles. The van der Waals surface area contributed by atoms with Crippen LogP contribution >= 0.6 is 0 Å². The van der Waals surface area contributed by atoms with Crippen LogP contribution in [0.4, 0.5) is 5.82 Å². The minimum Gasteiger partial charge on any atom is -0.370 e. The Bertz CT molecular complexity index is 625. The molecule has 1 fully saturated rings. The fraction of sp³-hybridized carbons (Fsp3) is 0.643. The lowest BCUT2D eigenvalue weighted by molar-refractivity contribution is 0.00176. The lowest BCUT2D eigenvalue weighted by Crippen LogP contribution is -2.22. The molecule has 0 saturated heterocycles. The molecule has 0 aromatic carbocycles. The predicted octanol–water partition coefficient (Wildman–Crippen LogP) is 1.74. The van der Waals surface area contributed by atoms with E-state index < -0.39 is 0 Å². The van der Waals surface area contributed by atoms with Gasteiger partial charge in [0.05, 0.1) is 17.7 Å². The van der Waals surface area contributed by atoms with Crippen LogP contribution in [0.2, 0.25) is 0 Å². The molecule has 7 nitrogen and oxygen atoms in total. The van der Waals surface area contributed by atoms with Gasteiger partial charge in [0, 0.05) is 7.05 Å². The number of hydrogen-bond donors (Lipinski definition) is 2. The third-order valence-corrected chi connectivity index (χ3v) is 4.11. The van der Waals surface area contributed by atoms with Crippen molar-refractivity contribution in [2.45, 2.75) is 45.3 Å². The zero-order valence-corrected chi connectivity index (χ0v) is 12.5. The second kappa shape index (κ2) is 5.95. The highest BCUT2D eigenvalue weighted by atomic mass is 16.5. The number of aryl methyl sites for hydroxylation is 1. The van der Waals surface area contributed by atoms with E-state index in [9.17, 15) is 0 Å². The molecular formula is C14H22N6O. The molecule has 2 heterocycles. The SMILES string of the molecule is CC1CCCC(OCc2nc(NN)c3cnn(C)c3n2)C1. The largest absolute Gasteiger partial charge is 0.370 e. The van der Waals surface area contributed by atoms with E-state index in [0.29, 0.717) is 24.4 Å². The van der Waals surface area contributed by atoms with Crippen molar-refractivity contribution < 1.29 is 4.74 Å². The molecule has 114 valence electrons. The summed E-state index contributed by atoms with van der Waals surface area (Å²) in [5.41, 5.74) is 3.37. The summed E-state index contributed by atoms with van der Waals surface area (Å²) < 4.78 is 7.69. The minimum absolute atomic E-state index is 0.314. The van der Waals surface area contributed by atoms with Crippen molar-refractivity contribution in [1.82, 2.24) is 19.7 Å². The number of hydrazine groups is 1. The normalized spacial score (nSPS) is 22.6. The summed E-state index contributed by atoms with van der Waals surface area (Å²) >= 11 is 0. The van der Waals surface area contributed by atoms with Crippen LogP contribution in [0.15, 0.2) is 6.20 Å². The Morgan fingerprint density at radius 3 is 3.05 bits per heavy atom. The highest BCUT2D eigenvalue weighted by molar-refractivity contribution is 5.86. The van der Waals surface area contributed by atoms with E-state index in [1.807, 2.05) is 7.05 Å². The number of nitrogens with zero attached hydrogens (tertiary/aromatic N) is 4. The van der Waals surface area contributed by atoms with E-state index in [0.717, 1.165) is 29.8 Å². The van der Waals surface area contributed by atoms with Crippen LogP contribution in [0.5, 0.6) is 0 Å². The van der Waals surface area contributed by atoms with Crippen LogP contribution < -0.4 is 11.3 Å². The van der Waals surface area contributed by atoms with Gasteiger partial charge in [0.2, 0.25) is 0 Å². The quantitative estimate of drug-likeness (QED) is 0.658. The molecule has 1 saturated carbocycles. The molecule has 2 aromatic rings. The first-order valence-electron chi connectivity index (χ1n) is 7.44. The van der Waals surface area contributed by atoms with E-state index in [2.05, 4.69) is 27.4 Å². The number of nitrogen functional groups attached to an aromatic ring is 1. The molecule has 3 N–H and O–H groups in total. The van der Waals surface area contributed by atoms with Gasteiger partial charge in [-0.15, -0.1) is 0 Å². The number of nitrogens with two attached hydrogens (primary N) is 1. The zero-order chi connectivity index (χ0) is 14.8. The van der Waals surface area contributed by atoms with Crippen molar-refractivity contribution in [1.29, 1.82) is 0 Å². The first kappa shape index (κ1) is 14.2. The van der Waals surface area contributed by atoms with Gasteiger partial charge in [-0.1, -0.05) is 19.8 Å². The Kier molecular flexibility index (Phi) is 4.03. The van der Waals surface area contributed by atoms with Crippen molar-refractivity contribution in [3.63, 3.8) is 0 Å². The van der Waals surface area contributed by atoms with E-state index in [4.69, 9.17) is 10.6 Å². The second-order valence-corrected chi connectivity index (χ2v) is 5.84. The van der Waals surface area contributed by atoms with Gasteiger partial charge in [-0.25, -0.2) is 15.8 Å². The van der Waals surface area contributed by atoms with Gasteiger partial charge in [0.25, 0.3) is 0 Å². The van der Waals surface area contributed by atoms with Crippen LogP contribution in [0, 0.1) is 5.92 Å². The third-order valence-electron chi connectivity index (χ3n) is 4.11. The molecule has 7 heteroatoms. The third kappa shape index (κ3) is 2.98. The molecule has 0 spiro atoms. The average Bonchev–Trinajstić information content (AvgIpc) is 2.86. The Labute approximate surface area is 123 Å². The number of anilines is 1. The van der Waals surface area contributed by atoms with Crippen molar-refractivity contribution in [3.05, 3.63) is 12.0 Å². The van der Waals surface area contributed by atoms with Crippen LogP contribution in [-0.4, -0.2) is 25.9 Å². The van der Waals surface area contributed by atoms with Crippen molar-refractivity contribution in [2.24, 2.45) is 18.8 Å². The maximum atomic E-state index is 5.98. The molecule has 2 unspecified atom stereocenters. The molecule has 1 aliphatic carbocycles. The van der Waals surface area contributed by atoms with Gasteiger partial charge >= 0.3 is 0 Å². The maximum Gasteiger partial charge on any atom is 0.163 e. The van der Waals surface area contributed by atoms with Gasteiger partial charge in [-0.05, 0) is 18.8 Å². The summed E-state index contributed by atoms with van der Waals surface area (Å²) in [5.74, 6) is 7.50. The summed E-state index contributed by atoms with van der Waals surface area (Å²) in [5, 5.41) is 5.00. The Morgan fingerprint density at radius 1 is 1.43 bits per heavy atom. The monoisotopic (exact) mass is 290 g/mol. The number of aromatic nitrogens is 4. The Hall–Kier alpha value is -1.73. The lowest BCUT2D eigenvalue weighted by atomic mass is 9.89. The number of nitrogens with one attached hydrogen (secondary N) is 1. The van der Waals surface area contributed by atoms with Gasteiger partial charge in [0.15, 0.2) is 17.3 Å². The van der Waals surface area contributed by atoms with Gasteiger partial charge in [-0.3, -0.25) is 4.68 Å². The smallest absolute Gasteiger partial charge is 0.163 e. The molecule has 3 rings (SSSR count). The molecular weight excluding hydrogens is 268 g/mol. The van der Waals surface area contributed by atoms with Gasteiger partial charge in [0.1, 0.15) is 6.61 Å². The molecule has 0 aliphatic heterocycles. The van der Waals surface area contributed by atoms with E-state index in [1.54, 1.807) is 10.9 Å². The Balaban J connectivity index is 1.75. The summed E-state index contributed by atoms with van der Waals surface area (Å²) in [6.45, 7) is 2.69. The van der Waals surface area contributed by atoms with Crippen molar-refractivity contribution in [2.75, 3.05) is 5.43 Å². The predicted molar refractivity (Wildman–Crippen MR) is 80.3 cm³/mol. The topological polar surface area (TPSA) is 90.9 Å². The standard InChI is InChI=1S/C14H22N6O/c1-9-4-3-5-10(6-9)21-8-12-17-13(19-15)11-7-16-20(2)14(11)18-12/h7,9-10H,3-6,8,15H2,1-2H3,(H,17,18,19). The summed E-state index contributed by atoms with van der Waals surface area (Å²) in [6, 6.07) is 0. The van der Waals surface area contributed by atoms with Crippen LogP contribution in [0.1, 0.15) is 38.4 Å². The summed E-state index contributed by atoms with van der Waals surface area (Å²) in [6.07, 6.45) is 6.81. The van der Waals surface area contributed by atoms with E-state index >= 15 is 0 Å². The highest BCUT2D eigenvalue weighted by Gasteiger charge is 2.20. The first-order chi connectivity index (χ1) is 10.2. The molecule has 0 radical (unpaired) electrons. The fourth-order valence-corrected chi connectivity index (χ4v) is 2.96. The molecule has 2 atom stereocenters. The van der Waals surface area contributed by atoms with Crippen LogP contribution in [-0.2, 0) is 18.4 Å². The van der Waals surface area contributed by atoms with Crippen LogP contribution in [0.25, 0.3) is 11.0 Å². The minimum atomic E-state index is 0.314. The summed E-state index contributed by atoms with van der Waals surface area (Å²) in [4.78, 5) is 8.93. The van der Waals surface area contributed by atoms with Crippen molar-refractivity contribution >= 4 is 16.9 Å². The highest BCUT2D eigenvalue weighted by Crippen LogP contribution is 2.26.